The zero-order valence-corrected chi connectivity index (χ0v) is 13.2. The highest BCUT2D eigenvalue weighted by Crippen LogP contribution is 2.61. The Hall–Kier alpha value is -0.863. The third kappa shape index (κ3) is 2.32. The zero-order chi connectivity index (χ0) is 13.5. The van der Waals surface area contributed by atoms with E-state index in [1.165, 1.54) is 12.5 Å². The van der Waals surface area contributed by atoms with Crippen LogP contribution in [-0.4, -0.2) is 20.8 Å². The zero-order valence-electron chi connectivity index (χ0n) is 12.2. The molecule has 1 aliphatic carbocycles. The molecule has 2 aliphatic rings. The average molecular weight is 272 g/mol. The Labute approximate surface area is 117 Å². The van der Waals surface area contributed by atoms with Gasteiger partial charge in [0.1, 0.15) is 0 Å². The number of rotatable bonds is 4. The van der Waals surface area contributed by atoms with Gasteiger partial charge < -0.3 is 4.74 Å². The highest BCUT2D eigenvalue weighted by molar-refractivity contribution is 6.90. The maximum atomic E-state index is 5.75. The van der Waals surface area contributed by atoms with Crippen molar-refractivity contribution in [3.05, 3.63) is 42.5 Å². The van der Waals surface area contributed by atoms with E-state index in [0.717, 1.165) is 12.5 Å². The van der Waals surface area contributed by atoms with E-state index in [-0.39, 0.29) is 0 Å². The molecular formula is C17H24OSi. The molecule has 1 aromatic rings. The maximum absolute atomic E-state index is 5.75. The topological polar surface area (TPSA) is 9.23 Å². The molecular weight excluding hydrogens is 248 g/mol. The minimum Gasteiger partial charge on any atom is -0.377 e. The molecule has 1 saturated heterocycles. The predicted molar refractivity (Wildman–Crippen MR) is 83.5 cm³/mol. The fourth-order valence-electron chi connectivity index (χ4n) is 3.42. The number of ether oxygens (including phenoxy) is 1. The van der Waals surface area contributed by atoms with Crippen molar-refractivity contribution in [1.29, 1.82) is 0 Å². The molecule has 0 bridgehead atoms. The van der Waals surface area contributed by atoms with Crippen molar-refractivity contribution < 1.29 is 4.74 Å². The maximum Gasteiger partial charge on any atom is 0.0843 e. The predicted octanol–water partition coefficient (Wildman–Crippen LogP) is 3.58. The first-order valence-corrected chi connectivity index (χ1v) is 10.6. The standard InChI is InChI=1S/C17H24OSi/c1-14-17(12-15(17)13-18-14)10-7-11-19(2,3)16-8-5-4-6-9-16/h4-10,14-15H,11-13H2,1-3H3/b10-7+. The Bertz CT molecular complexity index is 479. The van der Waals surface area contributed by atoms with Crippen LogP contribution >= 0.6 is 0 Å². The Morgan fingerprint density at radius 1 is 1.32 bits per heavy atom. The summed E-state index contributed by atoms with van der Waals surface area (Å²) in [6, 6.07) is 12.2. The molecule has 1 aromatic carbocycles. The van der Waals surface area contributed by atoms with Gasteiger partial charge in [-0.05, 0) is 25.3 Å². The summed E-state index contributed by atoms with van der Waals surface area (Å²) in [6.07, 6.45) is 6.70. The Kier molecular flexibility index (Phi) is 3.18. The van der Waals surface area contributed by atoms with Gasteiger partial charge in [0.05, 0.1) is 20.8 Å². The molecule has 1 heterocycles. The third-order valence-corrected chi connectivity index (χ3v) is 8.27. The van der Waals surface area contributed by atoms with E-state index in [0.29, 0.717) is 11.5 Å². The molecule has 0 radical (unpaired) electrons. The first-order valence-electron chi connectivity index (χ1n) is 7.39. The van der Waals surface area contributed by atoms with Gasteiger partial charge in [0.2, 0.25) is 0 Å². The van der Waals surface area contributed by atoms with Crippen LogP contribution in [-0.2, 0) is 4.74 Å². The van der Waals surface area contributed by atoms with E-state index in [9.17, 15) is 0 Å². The van der Waals surface area contributed by atoms with E-state index in [4.69, 9.17) is 4.74 Å². The smallest absolute Gasteiger partial charge is 0.0843 e. The molecule has 2 heteroatoms. The van der Waals surface area contributed by atoms with Crippen LogP contribution in [0, 0.1) is 11.3 Å². The fraction of sp³-hybridized carbons (Fsp3) is 0.529. The van der Waals surface area contributed by atoms with Crippen LogP contribution in [0.5, 0.6) is 0 Å². The van der Waals surface area contributed by atoms with Gasteiger partial charge in [0.15, 0.2) is 0 Å². The summed E-state index contributed by atoms with van der Waals surface area (Å²) < 4.78 is 5.75. The number of fused-ring (bicyclic) bond motifs is 1. The normalized spacial score (nSPS) is 33.6. The van der Waals surface area contributed by atoms with E-state index >= 15 is 0 Å². The summed E-state index contributed by atoms with van der Waals surface area (Å²) in [5.74, 6) is 0.806. The summed E-state index contributed by atoms with van der Waals surface area (Å²) >= 11 is 0. The molecule has 0 aromatic heterocycles. The summed E-state index contributed by atoms with van der Waals surface area (Å²) in [5.41, 5.74) is 0.404. The van der Waals surface area contributed by atoms with Gasteiger partial charge in [-0.1, -0.05) is 60.8 Å². The molecule has 1 aliphatic heterocycles. The quantitative estimate of drug-likeness (QED) is 0.601. The number of allylic oxidation sites excluding steroid dienone is 1. The first kappa shape index (κ1) is 13.1. The van der Waals surface area contributed by atoms with Crippen LogP contribution in [0.1, 0.15) is 13.3 Å². The van der Waals surface area contributed by atoms with Crippen molar-refractivity contribution in [2.24, 2.45) is 11.3 Å². The lowest BCUT2D eigenvalue weighted by Crippen LogP contribution is -2.40. The molecule has 3 unspecified atom stereocenters. The van der Waals surface area contributed by atoms with Crippen LogP contribution in [0.25, 0.3) is 0 Å². The Balaban J connectivity index is 1.66. The summed E-state index contributed by atoms with van der Waals surface area (Å²) in [4.78, 5) is 0. The Morgan fingerprint density at radius 3 is 2.63 bits per heavy atom. The summed E-state index contributed by atoms with van der Waals surface area (Å²) in [6.45, 7) is 8.13. The summed E-state index contributed by atoms with van der Waals surface area (Å²) in [5, 5.41) is 1.56. The second-order valence-corrected chi connectivity index (χ2v) is 11.6. The van der Waals surface area contributed by atoms with Gasteiger partial charge in [0.25, 0.3) is 0 Å². The molecule has 1 saturated carbocycles. The van der Waals surface area contributed by atoms with Gasteiger partial charge >= 0.3 is 0 Å². The number of hydrogen-bond acceptors (Lipinski definition) is 1. The van der Waals surface area contributed by atoms with E-state index in [1.807, 2.05) is 0 Å². The van der Waals surface area contributed by atoms with Gasteiger partial charge in [0, 0.05) is 5.41 Å². The van der Waals surface area contributed by atoms with Crippen LogP contribution in [0.4, 0.5) is 0 Å². The summed E-state index contributed by atoms with van der Waals surface area (Å²) in [7, 11) is -1.32. The fourth-order valence-corrected chi connectivity index (χ4v) is 5.45. The van der Waals surface area contributed by atoms with E-state index < -0.39 is 8.07 Å². The van der Waals surface area contributed by atoms with Gasteiger partial charge in [-0.3, -0.25) is 0 Å². The van der Waals surface area contributed by atoms with Crippen molar-refractivity contribution in [3.63, 3.8) is 0 Å². The molecule has 1 nitrogen and oxygen atoms in total. The van der Waals surface area contributed by atoms with Crippen LogP contribution in [0.3, 0.4) is 0 Å². The Morgan fingerprint density at radius 2 is 2.05 bits per heavy atom. The van der Waals surface area contributed by atoms with Crippen LogP contribution in [0.2, 0.25) is 19.1 Å². The second-order valence-electron chi connectivity index (χ2n) is 6.85. The third-order valence-electron chi connectivity index (χ3n) is 5.12. The molecule has 2 fully saturated rings. The van der Waals surface area contributed by atoms with Crippen molar-refractivity contribution in [1.82, 2.24) is 0 Å². The lowest BCUT2D eigenvalue weighted by molar-refractivity contribution is 0.0794. The molecule has 3 atom stereocenters. The van der Waals surface area contributed by atoms with E-state index in [1.54, 1.807) is 5.19 Å². The van der Waals surface area contributed by atoms with Crippen LogP contribution in [0.15, 0.2) is 42.5 Å². The average Bonchev–Trinajstić information content (AvgIpc) is 3.04. The number of hydrogen-bond donors (Lipinski definition) is 0. The molecule has 0 amide bonds. The minimum absolute atomic E-state index is 0.404. The highest BCUT2D eigenvalue weighted by Gasteiger charge is 2.60. The SMILES string of the molecule is CC1OCC2CC21/C=C/C[Si](C)(C)c1ccccc1. The van der Waals surface area contributed by atoms with Crippen molar-refractivity contribution in [3.8, 4) is 0 Å². The lowest BCUT2D eigenvalue weighted by atomic mass is 9.99. The molecule has 0 N–H and O–H groups in total. The minimum atomic E-state index is -1.32. The first-order chi connectivity index (χ1) is 9.05. The van der Waals surface area contributed by atoms with Crippen LogP contribution < -0.4 is 5.19 Å². The largest absolute Gasteiger partial charge is 0.377 e. The monoisotopic (exact) mass is 272 g/mol. The van der Waals surface area contributed by atoms with Gasteiger partial charge in [-0.2, -0.15) is 0 Å². The lowest BCUT2D eigenvalue weighted by Gasteiger charge is -2.21. The highest BCUT2D eigenvalue weighted by atomic mass is 28.3. The molecule has 0 spiro atoms. The van der Waals surface area contributed by atoms with Crippen molar-refractivity contribution >= 4 is 13.3 Å². The second kappa shape index (κ2) is 4.60. The molecule has 19 heavy (non-hydrogen) atoms. The van der Waals surface area contributed by atoms with Gasteiger partial charge in [-0.15, -0.1) is 0 Å². The van der Waals surface area contributed by atoms with E-state index in [2.05, 4.69) is 62.5 Å². The van der Waals surface area contributed by atoms with Crippen molar-refractivity contribution in [2.75, 3.05) is 6.61 Å². The van der Waals surface area contributed by atoms with Crippen molar-refractivity contribution in [2.45, 2.75) is 38.6 Å². The van der Waals surface area contributed by atoms with Gasteiger partial charge in [-0.25, -0.2) is 0 Å². The molecule has 102 valence electrons. The number of benzene rings is 1. The molecule has 3 rings (SSSR count).